The summed E-state index contributed by atoms with van der Waals surface area (Å²) in [6.45, 7) is 13.2. The van der Waals surface area contributed by atoms with Crippen LogP contribution in [0.15, 0.2) is 0 Å². The second-order valence-electron chi connectivity index (χ2n) is 6.45. The zero-order valence-corrected chi connectivity index (χ0v) is 12.7. The SMILES string of the molecule is CC(=O)NCCC(=O)N1CCN(CC(C)(C)C)CC1. The minimum atomic E-state index is -0.0807. The quantitative estimate of drug-likeness (QED) is 0.817. The summed E-state index contributed by atoms with van der Waals surface area (Å²) in [4.78, 5) is 27.0. The molecule has 1 rings (SSSR count). The molecule has 1 saturated heterocycles. The van der Waals surface area contributed by atoms with Crippen molar-refractivity contribution in [1.82, 2.24) is 15.1 Å². The minimum absolute atomic E-state index is 0.0807. The van der Waals surface area contributed by atoms with Gasteiger partial charge in [-0.1, -0.05) is 20.8 Å². The van der Waals surface area contributed by atoms with Crippen molar-refractivity contribution in [3.8, 4) is 0 Å². The molecule has 1 aliphatic rings. The van der Waals surface area contributed by atoms with Crippen LogP contribution >= 0.6 is 0 Å². The van der Waals surface area contributed by atoms with Crippen LogP contribution in [0.4, 0.5) is 0 Å². The van der Waals surface area contributed by atoms with Gasteiger partial charge >= 0.3 is 0 Å². The molecule has 0 unspecified atom stereocenters. The van der Waals surface area contributed by atoms with E-state index in [9.17, 15) is 9.59 Å². The summed E-state index contributed by atoms with van der Waals surface area (Å²) < 4.78 is 0. The van der Waals surface area contributed by atoms with E-state index in [1.165, 1.54) is 6.92 Å². The molecule has 110 valence electrons. The Morgan fingerprint density at radius 1 is 1.11 bits per heavy atom. The molecule has 5 nitrogen and oxygen atoms in total. The second-order valence-corrected chi connectivity index (χ2v) is 6.45. The van der Waals surface area contributed by atoms with E-state index in [1.54, 1.807) is 0 Å². The molecule has 0 aromatic heterocycles. The number of nitrogens with zero attached hydrogens (tertiary/aromatic N) is 2. The van der Waals surface area contributed by atoms with Gasteiger partial charge in [0.2, 0.25) is 11.8 Å². The molecule has 0 bridgehead atoms. The van der Waals surface area contributed by atoms with Gasteiger partial charge in [-0.05, 0) is 5.41 Å². The standard InChI is InChI=1S/C14H27N3O2/c1-12(18)15-6-5-13(19)17-9-7-16(8-10-17)11-14(2,3)4/h5-11H2,1-4H3,(H,15,18). The Morgan fingerprint density at radius 2 is 1.68 bits per heavy atom. The van der Waals surface area contributed by atoms with E-state index < -0.39 is 0 Å². The van der Waals surface area contributed by atoms with Crippen LogP contribution in [0.2, 0.25) is 0 Å². The van der Waals surface area contributed by atoms with Gasteiger partial charge < -0.3 is 10.2 Å². The number of amides is 2. The van der Waals surface area contributed by atoms with Gasteiger partial charge in [-0.25, -0.2) is 0 Å². The topological polar surface area (TPSA) is 52.7 Å². The van der Waals surface area contributed by atoms with Crippen molar-refractivity contribution in [3.05, 3.63) is 0 Å². The number of rotatable bonds is 4. The highest BCUT2D eigenvalue weighted by Crippen LogP contribution is 2.16. The molecule has 0 aromatic rings. The first-order valence-electron chi connectivity index (χ1n) is 7.02. The normalized spacial score (nSPS) is 17.4. The molecule has 1 N–H and O–H groups in total. The number of hydrogen-bond donors (Lipinski definition) is 1. The highest BCUT2D eigenvalue weighted by Gasteiger charge is 2.23. The highest BCUT2D eigenvalue weighted by atomic mass is 16.2. The lowest BCUT2D eigenvalue weighted by molar-refractivity contribution is -0.133. The van der Waals surface area contributed by atoms with E-state index in [1.807, 2.05) is 4.90 Å². The Bertz CT molecular complexity index is 315. The Balaban J connectivity index is 2.25. The van der Waals surface area contributed by atoms with E-state index in [-0.39, 0.29) is 11.8 Å². The predicted molar refractivity (Wildman–Crippen MR) is 75.8 cm³/mol. The lowest BCUT2D eigenvalue weighted by Crippen LogP contribution is -2.50. The fourth-order valence-electron chi connectivity index (χ4n) is 2.33. The van der Waals surface area contributed by atoms with E-state index in [0.29, 0.717) is 18.4 Å². The molecule has 0 radical (unpaired) electrons. The zero-order chi connectivity index (χ0) is 14.5. The maximum absolute atomic E-state index is 11.9. The zero-order valence-electron chi connectivity index (χ0n) is 12.7. The van der Waals surface area contributed by atoms with Crippen molar-refractivity contribution in [2.24, 2.45) is 5.41 Å². The van der Waals surface area contributed by atoms with Gasteiger partial charge in [0.05, 0.1) is 0 Å². The smallest absolute Gasteiger partial charge is 0.224 e. The Hall–Kier alpha value is -1.10. The van der Waals surface area contributed by atoms with Crippen molar-refractivity contribution >= 4 is 11.8 Å². The van der Waals surface area contributed by atoms with Crippen molar-refractivity contribution in [3.63, 3.8) is 0 Å². The van der Waals surface area contributed by atoms with E-state index in [2.05, 4.69) is 31.0 Å². The van der Waals surface area contributed by atoms with Crippen LogP contribution in [0.5, 0.6) is 0 Å². The van der Waals surface area contributed by atoms with Gasteiger partial charge in [-0.15, -0.1) is 0 Å². The summed E-state index contributed by atoms with van der Waals surface area (Å²) in [6, 6.07) is 0. The fraction of sp³-hybridized carbons (Fsp3) is 0.857. The van der Waals surface area contributed by atoms with Crippen molar-refractivity contribution < 1.29 is 9.59 Å². The number of piperazine rings is 1. The minimum Gasteiger partial charge on any atom is -0.356 e. The maximum atomic E-state index is 11.9. The number of carbonyl (C=O) groups is 2. The van der Waals surface area contributed by atoms with Crippen LogP contribution in [0, 0.1) is 5.41 Å². The summed E-state index contributed by atoms with van der Waals surface area (Å²) >= 11 is 0. The first-order chi connectivity index (χ1) is 8.78. The molecule has 1 fully saturated rings. The summed E-state index contributed by atoms with van der Waals surface area (Å²) in [7, 11) is 0. The van der Waals surface area contributed by atoms with Crippen LogP contribution in [-0.4, -0.2) is 60.9 Å². The second kappa shape index (κ2) is 6.89. The van der Waals surface area contributed by atoms with Crippen LogP contribution < -0.4 is 5.32 Å². The number of nitrogens with one attached hydrogen (secondary N) is 1. The van der Waals surface area contributed by atoms with Gasteiger partial charge in [0.15, 0.2) is 0 Å². The van der Waals surface area contributed by atoms with Gasteiger partial charge in [0.25, 0.3) is 0 Å². The van der Waals surface area contributed by atoms with E-state index in [4.69, 9.17) is 0 Å². The maximum Gasteiger partial charge on any atom is 0.224 e. The van der Waals surface area contributed by atoms with Gasteiger partial charge in [0.1, 0.15) is 0 Å². The Kier molecular flexibility index (Phi) is 5.79. The Labute approximate surface area is 116 Å². The van der Waals surface area contributed by atoms with Crippen LogP contribution in [0.25, 0.3) is 0 Å². The largest absolute Gasteiger partial charge is 0.356 e. The van der Waals surface area contributed by atoms with Crippen molar-refractivity contribution in [2.45, 2.75) is 34.1 Å². The molecule has 5 heteroatoms. The molecular weight excluding hydrogens is 242 g/mol. The highest BCUT2D eigenvalue weighted by molar-refractivity contribution is 5.78. The molecular formula is C14H27N3O2. The van der Waals surface area contributed by atoms with Gasteiger partial charge in [-0.2, -0.15) is 0 Å². The third-order valence-corrected chi connectivity index (χ3v) is 3.14. The van der Waals surface area contributed by atoms with Crippen LogP contribution in [0.3, 0.4) is 0 Å². The lowest BCUT2D eigenvalue weighted by atomic mass is 9.96. The predicted octanol–water partition coefficient (Wildman–Crippen LogP) is 0.703. The molecule has 1 aliphatic heterocycles. The Morgan fingerprint density at radius 3 is 2.16 bits per heavy atom. The van der Waals surface area contributed by atoms with Crippen molar-refractivity contribution in [1.29, 1.82) is 0 Å². The summed E-state index contributed by atoms with van der Waals surface area (Å²) in [5, 5.41) is 2.66. The summed E-state index contributed by atoms with van der Waals surface area (Å²) in [5.74, 6) is 0.0620. The third-order valence-electron chi connectivity index (χ3n) is 3.14. The summed E-state index contributed by atoms with van der Waals surface area (Å²) in [6.07, 6.45) is 0.402. The van der Waals surface area contributed by atoms with Gasteiger partial charge in [-0.3, -0.25) is 14.5 Å². The van der Waals surface area contributed by atoms with Crippen LogP contribution in [0.1, 0.15) is 34.1 Å². The molecule has 0 aromatic carbocycles. The first-order valence-corrected chi connectivity index (χ1v) is 7.02. The first kappa shape index (κ1) is 16.0. The molecule has 0 saturated carbocycles. The molecule has 2 amide bonds. The molecule has 0 spiro atoms. The van der Waals surface area contributed by atoms with Crippen molar-refractivity contribution in [2.75, 3.05) is 39.3 Å². The summed E-state index contributed by atoms with van der Waals surface area (Å²) in [5.41, 5.74) is 0.303. The average Bonchev–Trinajstić information content (AvgIpc) is 2.27. The average molecular weight is 269 g/mol. The van der Waals surface area contributed by atoms with E-state index in [0.717, 1.165) is 32.7 Å². The molecule has 0 aliphatic carbocycles. The number of carbonyl (C=O) groups excluding carboxylic acids is 2. The van der Waals surface area contributed by atoms with E-state index >= 15 is 0 Å². The molecule has 1 heterocycles. The van der Waals surface area contributed by atoms with Crippen LogP contribution in [-0.2, 0) is 9.59 Å². The monoisotopic (exact) mass is 269 g/mol. The molecule has 19 heavy (non-hydrogen) atoms. The third kappa shape index (κ3) is 6.57. The van der Waals surface area contributed by atoms with Gasteiger partial charge in [0, 0.05) is 52.6 Å². The fourth-order valence-corrected chi connectivity index (χ4v) is 2.33. The number of hydrogen-bond acceptors (Lipinski definition) is 3. The lowest BCUT2D eigenvalue weighted by Gasteiger charge is -2.37. The molecule has 0 atom stereocenters.